The summed E-state index contributed by atoms with van der Waals surface area (Å²) in [4.78, 5) is 23.8. The number of carbonyl (C=O) groups excluding carboxylic acids is 1. The van der Waals surface area contributed by atoms with Gasteiger partial charge in [-0.3, -0.25) is 4.79 Å². The lowest BCUT2D eigenvalue weighted by atomic mass is 10.00. The van der Waals surface area contributed by atoms with E-state index in [1.807, 2.05) is 48.2 Å². The third kappa shape index (κ3) is 4.45. The number of carbonyl (C=O) groups is 1. The van der Waals surface area contributed by atoms with E-state index in [0.29, 0.717) is 28.3 Å². The van der Waals surface area contributed by atoms with Crippen LogP contribution < -0.4 is 5.73 Å². The Bertz CT molecular complexity index is 1070. The second-order valence-corrected chi connectivity index (χ2v) is 8.58. The zero-order valence-corrected chi connectivity index (χ0v) is 18.3. The summed E-state index contributed by atoms with van der Waals surface area (Å²) in [5.41, 5.74) is 11.5. The Morgan fingerprint density at radius 2 is 1.87 bits per heavy atom. The van der Waals surface area contributed by atoms with Crippen molar-refractivity contribution in [2.75, 3.05) is 18.0 Å². The predicted molar refractivity (Wildman–Crippen MR) is 123 cm³/mol. The van der Waals surface area contributed by atoms with E-state index in [2.05, 4.69) is 22.1 Å². The quantitative estimate of drug-likeness (QED) is 0.465. The lowest BCUT2D eigenvalue weighted by Gasteiger charge is -2.28. The fourth-order valence-corrected chi connectivity index (χ4v) is 4.58. The van der Waals surface area contributed by atoms with Gasteiger partial charge in [0.1, 0.15) is 5.82 Å². The second kappa shape index (κ2) is 9.06. The van der Waals surface area contributed by atoms with Crippen LogP contribution in [0.15, 0.2) is 53.7 Å². The summed E-state index contributed by atoms with van der Waals surface area (Å²) < 4.78 is 0. The first-order valence-corrected chi connectivity index (χ1v) is 11.3. The van der Waals surface area contributed by atoms with Crippen molar-refractivity contribution < 1.29 is 4.79 Å². The molecule has 2 aromatic carbocycles. The largest absolute Gasteiger partial charge is 0.383 e. The monoisotopic (exact) mass is 438 g/mol. The topological polar surface area (TPSA) is 72.1 Å². The summed E-state index contributed by atoms with van der Waals surface area (Å²) >= 11 is 7.34. The van der Waals surface area contributed by atoms with Gasteiger partial charge in [-0.2, -0.15) is 0 Å². The number of hydrogen-bond donors (Lipinski definition) is 1. The number of rotatable bonds is 5. The Hall–Kier alpha value is -2.57. The standard InChI is InChI=1S/C23H23ClN4OS/c1-2-19-21(16-7-9-18(24)10-8-16)22(25)27-23(26-19)30-14-20(29)28-12-11-15-5-3-4-6-17(15)13-28/h3-10H,2,11-14H2,1H3,(H2,25,26,27). The summed E-state index contributed by atoms with van der Waals surface area (Å²) in [5.74, 6) is 0.813. The molecule has 2 heterocycles. The Balaban J connectivity index is 1.47. The van der Waals surface area contributed by atoms with Gasteiger partial charge in [-0.15, -0.1) is 0 Å². The molecule has 2 N–H and O–H groups in total. The molecule has 0 saturated heterocycles. The zero-order valence-electron chi connectivity index (χ0n) is 16.8. The summed E-state index contributed by atoms with van der Waals surface area (Å²) in [5, 5.41) is 1.20. The van der Waals surface area contributed by atoms with Crippen LogP contribution in [0, 0.1) is 0 Å². The van der Waals surface area contributed by atoms with Crippen molar-refractivity contribution in [2.24, 2.45) is 0 Å². The lowest BCUT2D eigenvalue weighted by Crippen LogP contribution is -2.37. The van der Waals surface area contributed by atoms with E-state index >= 15 is 0 Å². The minimum atomic E-state index is 0.0940. The van der Waals surface area contributed by atoms with Crippen LogP contribution in [-0.2, 0) is 24.2 Å². The molecule has 154 valence electrons. The van der Waals surface area contributed by atoms with Gasteiger partial charge in [-0.25, -0.2) is 9.97 Å². The Kier molecular flexibility index (Phi) is 6.25. The molecule has 1 aromatic heterocycles. The maximum absolute atomic E-state index is 12.7. The highest BCUT2D eigenvalue weighted by Crippen LogP contribution is 2.31. The Morgan fingerprint density at radius 3 is 2.60 bits per heavy atom. The number of fused-ring (bicyclic) bond motifs is 1. The number of aryl methyl sites for hydroxylation is 1. The molecule has 0 aliphatic carbocycles. The number of nitrogens with zero attached hydrogens (tertiary/aromatic N) is 3. The van der Waals surface area contributed by atoms with Crippen molar-refractivity contribution in [1.29, 1.82) is 0 Å². The van der Waals surface area contributed by atoms with Gasteiger partial charge in [-0.1, -0.05) is 66.7 Å². The van der Waals surface area contributed by atoms with Gasteiger partial charge in [0.15, 0.2) is 5.16 Å². The number of nitrogens with two attached hydrogens (primary N) is 1. The number of nitrogen functional groups attached to an aromatic ring is 1. The lowest BCUT2D eigenvalue weighted by molar-refractivity contribution is -0.129. The van der Waals surface area contributed by atoms with E-state index in [1.54, 1.807) is 0 Å². The molecule has 0 unspecified atom stereocenters. The molecule has 1 aliphatic heterocycles. The highest BCUT2D eigenvalue weighted by atomic mass is 35.5. The van der Waals surface area contributed by atoms with Crippen molar-refractivity contribution >= 4 is 35.1 Å². The minimum Gasteiger partial charge on any atom is -0.383 e. The molecule has 7 heteroatoms. The van der Waals surface area contributed by atoms with Crippen molar-refractivity contribution in [2.45, 2.75) is 31.5 Å². The van der Waals surface area contributed by atoms with Gasteiger partial charge in [0, 0.05) is 23.7 Å². The van der Waals surface area contributed by atoms with Gasteiger partial charge in [0.25, 0.3) is 0 Å². The fourth-order valence-electron chi connectivity index (χ4n) is 3.68. The van der Waals surface area contributed by atoms with E-state index < -0.39 is 0 Å². The molecule has 3 aromatic rings. The molecule has 0 saturated carbocycles. The molecule has 1 amide bonds. The first-order chi connectivity index (χ1) is 14.5. The highest BCUT2D eigenvalue weighted by molar-refractivity contribution is 7.99. The van der Waals surface area contributed by atoms with Crippen molar-refractivity contribution in [3.8, 4) is 11.1 Å². The Morgan fingerprint density at radius 1 is 1.13 bits per heavy atom. The number of halogens is 1. The maximum atomic E-state index is 12.7. The molecule has 4 rings (SSSR count). The predicted octanol–water partition coefficient (Wildman–Crippen LogP) is 4.62. The van der Waals surface area contributed by atoms with Crippen LogP contribution in [0.1, 0.15) is 23.7 Å². The van der Waals surface area contributed by atoms with Crippen LogP contribution in [-0.4, -0.2) is 33.1 Å². The number of amides is 1. The molecule has 0 bridgehead atoms. The first-order valence-electron chi connectivity index (χ1n) is 9.95. The van der Waals surface area contributed by atoms with E-state index in [9.17, 15) is 4.79 Å². The molecule has 0 fully saturated rings. The fraction of sp³-hybridized carbons (Fsp3) is 0.261. The number of hydrogen-bond acceptors (Lipinski definition) is 5. The summed E-state index contributed by atoms with van der Waals surface area (Å²) in [6.07, 6.45) is 1.61. The third-order valence-corrected chi connectivity index (χ3v) is 6.35. The summed E-state index contributed by atoms with van der Waals surface area (Å²) in [7, 11) is 0. The van der Waals surface area contributed by atoms with Crippen LogP contribution in [0.2, 0.25) is 5.02 Å². The van der Waals surface area contributed by atoms with Gasteiger partial charge < -0.3 is 10.6 Å². The van der Waals surface area contributed by atoms with E-state index in [1.165, 1.54) is 22.9 Å². The number of thioether (sulfide) groups is 1. The average molecular weight is 439 g/mol. The number of benzene rings is 2. The maximum Gasteiger partial charge on any atom is 0.233 e. The summed E-state index contributed by atoms with van der Waals surface area (Å²) in [6, 6.07) is 15.8. The van der Waals surface area contributed by atoms with Crippen molar-refractivity contribution in [3.63, 3.8) is 0 Å². The SMILES string of the molecule is CCc1nc(SCC(=O)N2CCc3ccccc3C2)nc(N)c1-c1ccc(Cl)cc1. The molecule has 30 heavy (non-hydrogen) atoms. The van der Waals surface area contributed by atoms with Crippen LogP contribution in [0.3, 0.4) is 0 Å². The minimum absolute atomic E-state index is 0.0940. The molecule has 0 radical (unpaired) electrons. The average Bonchev–Trinajstić information content (AvgIpc) is 2.77. The molecule has 1 aliphatic rings. The molecular formula is C23H23ClN4OS. The van der Waals surface area contributed by atoms with Crippen molar-refractivity contribution in [1.82, 2.24) is 14.9 Å². The number of anilines is 1. The normalized spacial score (nSPS) is 13.2. The molecule has 0 spiro atoms. The molecule has 5 nitrogen and oxygen atoms in total. The Labute approximate surface area is 185 Å². The molecular weight excluding hydrogens is 416 g/mol. The van der Waals surface area contributed by atoms with Crippen molar-refractivity contribution in [3.05, 3.63) is 70.4 Å². The summed E-state index contributed by atoms with van der Waals surface area (Å²) in [6.45, 7) is 3.44. The first kappa shape index (κ1) is 20.7. The van der Waals surface area contributed by atoms with E-state index in [-0.39, 0.29) is 5.91 Å². The van der Waals surface area contributed by atoms with Gasteiger partial charge in [0.2, 0.25) is 5.91 Å². The van der Waals surface area contributed by atoms with Gasteiger partial charge in [0.05, 0.1) is 11.4 Å². The van der Waals surface area contributed by atoms with Crippen LogP contribution in [0.25, 0.3) is 11.1 Å². The van der Waals surface area contributed by atoms with Gasteiger partial charge in [-0.05, 0) is 41.7 Å². The number of aromatic nitrogens is 2. The second-order valence-electron chi connectivity index (χ2n) is 7.20. The zero-order chi connectivity index (χ0) is 21.1. The van der Waals surface area contributed by atoms with Gasteiger partial charge >= 0.3 is 0 Å². The van der Waals surface area contributed by atoms with Crippen LogP contribution in [0.4, 0.5) is 5.82 Å². The van der Waals surface area contributed by atoms with E-state index in [0.717, 1.165) is 36.2 Å². The smallest absolute Gasteiger partial charge is 0.233 e. The van der Waals surface area contributed by atoms with Crippen LogP contribution >= 0.6 is 23.4 Å². The van der Waals surface area contributed by atoms with Crippen LogP contribution in [0.5, 0.6) is 0 Å². The highest BCUT2D eigenvalue weighted by Gasteiger charge is 2.21. The van der Waals surface area contributed by atoms with E-state index in [4.69, 9.17) is 17.3 Å². The third-order valence-electron chi connectivity index (χ3n) is 5.27. The molecule has 0 atom stereocenters.